The molecule has 0 unspecified atom stereocenters. The summed E-state index contributed by atoms with van der Waals surface area (Å²) in [5, 5.41) is 12.4. The molecule has 0 radical (unpaired) electrons. The summed E-state index contributed by atoms with van der Waals surface area (Å²) in [7, 11) is 0. The molecule has 0 aliphatic heterocycles. The van der Waals surface area contributed by atoms with Crippen molar-refractivity contribution in [3.8, 4) is 5.75 Å². The van der Waals surface area contributed by atoms with E-state index in [1.807, 2.05) is 26.0 Å². The number of ketones is 1. The summed E-state index contributed by atoms with van der Waals surface area (Å²) in [5.74, 6) is -0.0581. The van der Waals surface area contributed by atoms with Crippen LogP contribution in [0.1, 0.15) is 34.0 Å². The van der Waals surface area contributed by atoms with Crippen LogP contribution in [0.5, 0.6) is 5.75 Å². The van der Waals surface area contributed by atoms with E-state index in [2.05, 4.69) is 5.32 Å². The zero-order valence-electron chi connectivity index (χ0n) is 13.4. The maximum Gasteiger partial charge on any atom is 0.221 e. The van der Waals surface area contributed by atoms with Crippen LogP contribution in [-0.4, -0.2) is 16.8 Å². The summed E-state index contributed by atoms with van der Waals surface area (Å²) in [5.41, 5.74) is 3.48. The maximum atomic E-state index is 12.2. The number of carbonyl (C=O) groups is 2. The van der Waals surface area contributed by atoms with Crippen LogP contribution < -0.4 is 5.32 Å². The average molecular weight is 309 g/mol. The predicted octanol–water partition coefficient (Wildman–Crippen LogP) is 3.86. The summed E-state index contributed by atoms with van der Waals surface area (Å²) in [4.78, 5) is 23.3. The molecule has 0 aliphatic rings. The van der Waals surface area contributed by atoms with E-state index in [4.69, 9.17) is 0 Å². The van der Waals surface area contributed by atoms with Gasteiger partial charge >= 0.3 is 0 Å². The maximum absolute atomic E-state index is 12.2. The smallest absolute Gasteiger partial charge is 0.221 e. The zero-order chi connectivity index (χ0) is 17.0. The molecule has 1 amide bonds. The number of nitrogens with one attached hydrogen (secondary N) is 1. The Morgan fingerprint density at radius 3 is 2.35 bits per heavy atom. The largest absolute Gasteiger partial charge is 0.507 e. The molecule has 4 nitrogen and oxygen atoms in total. The lowest BCUT2D eigenvalue weighted by Crippen LogP contribution is -2.06. The molecule has 0 saturated carbocycles. The van der Waals surface area contributed by atoms with Gasteiger partial charge < -0.3 is 10.4 Å². The molecule has 2 aromatic rings. The van der Waals surface area contributed by atoms with Crippen LogP contribution in [0.3, 0.4) is 0 Å². The number of allylic oxidation sites excluding steroid dienone is 1. The van der Waals surface area contributed by atoms with Gasteiger partial charge in [-0.3, -0.25) is 9.59 Å². The van der Waals surface area contributed by atoms with Crippen LogP contribution >= 0.6 is 0 Å². The minimum Gasteiger partial charge on any atom is -0.507 e. The predicted molar refractivity (Wildman–Crippen MR) is 91.7 cm³/mol. The van der Waals surface area contributed by atoms with Gasteiger partial charge in [-0.25, -0.2) is 0 Å². The summed E-state index contributed by atoms with van der Waals surface area (Å²) in [6.07, 6.45) is 3.20. The minimum absolute atomic E-state index is 0.152. The van der Waals surface area contributed by atoms with E-state index in [0.717, 1.165) is 16.7 Å². The summed E-state index contributed by atoms with van der Waals surface area (Å²) < 4.78 is 0. The van der Waals surface area contributed by atoms with Crippen LogP contribution in [0.4, 0.5) is 5.69 Å². The van der Waals surface area contributed by atoms with Crippen molar-refractivity contribution in [3.63, 3.8) is 0 Å². The molecule has 0 heterocycles. The monoisotopic (exact) mass is 309 g/mol. The molecule has 0 aromatic heterocycles. The third-order valence-corrected chi connectivity index (χ3v) is 3.41. The Labute approximate surface area is 135 Å². The van der Waals surface area contributed by atoms with Gasteiger partial charge in [-0.2, -0.15) is 0 Å². The molecule has 0 fully saturated rings. The van der Waals surface area contributed by atoms with Crippen molar-refractivity contribution in [3.05, 3.63) is 64.7 Å². The molecule has 4 heteroatoms. The Morgan fingerprint density at radius 2 is 1.74 bits per heavy atom. The van der Waals surface area contributed by atoms with E-state index >= 15 is 0 Å². The van der Waals surface area contributed by atoms with Crippen LogP contribution in [0.25, 0.3) is 6.08 Å². The number of phenolic OH excluding ortho intramolecular Hbond substituents is 1. The summed E-state index contributed by atoms with van der Waals surface area (Å²) in [6.45, 7) is 5.06. The van der Waals surface area contributed by atoms with Crippen molar-refractivity contribution < 1.29 is 14.7 Å². The fourth-order valence-corrected chi connectivity index (χ4v) is 2.31. The van der Waals surface area contributed by atoms with Crippen LogP contribution in [-0.2, 0) is 4.79 Å². The molecule has 0 saturated heterocycles. The molecular weight excluding hydrogens is 290 g/mol. The van der Waals surface area contributed by atoms with Crippen molar-refractivity contribution in [1.29, 1.82) is 0 Å². The van der Waals surface area contributed by atoms with Gasteiger partial charge in [0.25, 0.3) is 0 Å². The third-order valence-electron chi connectivity index (χ3n) is 3.41. The lowest BCUT2D eigenvalue weighted by atomic mass is 10.0. The van der Waals surface area contributed by atoms with Crippen molar-refractivity contribution in [1.82, 2.24) is 0 Å². The molecule has 2 N–H and O–H groups in total. The van der Waals surface area contributed by atoms with Gasteiger partial charge in [-0.1, -0.05) is 18.2 Å². The fraction of sp³-hybridized carbons (Fsp3) is 0.158. The highest BCUT2D eigenvalue weighted by atomic mass is 16.3. The van der Waals surface area contributed by atoms with E-state index in [0.29, 0.717) is 11.3 Å². The Balaban J connectivity index is 2.20. The Kier molecular flexibility index (Phi) is 4.96. The van der Waals surface area contributed by atoms with E-state index in [9.17, 15) is 14.7 Å². The van der Waals surface area contributed by atoms with Gasteiger partial charge in [0.2, 0.25) is 5.91 Å². The molecule has 0 aliphatic carbocycles. The molecule has 0 bridgehead atoms. The van der Waals surface area contributed by atoms with Crippen LogP contribution in [0, 0.1) is 13.8 Å². The number of hydrogen-bond acceptors (Lipinski definition) is 3. The molecule has 2 rings (SSSR count). The summed E-state index contributed by atoms with van der Waals surface area (Å²) >= 11 is 0. The van der Waals surface area contributed by atoms with Gasteiger partial charge in [0.15, 0.2) is 5.78 Å². The van der Waals surface area contributed by atoms with E-state index in [1.54, 1.807) is 30.3 Å². The Hall–Kier alpha value is -2.88. The van der Waals surface area contributed by atoms with Crippen LogP contribution in [0.2, 0.25) is 0 Å². The third kappa shape index (κ3) is 4.30. The van der Waals surface area contributed by atoms with Gasteiger partial charge in [-0.05, 0) is 60.9 Å². The van der Waals surface area contributed by atoms with Crippen molar-refractivity contribution in [2.45, 2.75) is 20.8 Å². The standard InChI is InChI=1S/C19H19NO3/c1-12-9-15(10-13(2)19(12)23)7-8-18(22)16-5-4-6-17(11-16)20-14(3)21/h4-11,23H,1-3H3,(H,20,21)/b8-7+. The number of rotatable bonds is 4. The normalized spacial score (nSPS) is 10.7. The average Bonchev–Trinajstić information content (AvgIpc) is 2.49. The van der Waals surface area contributed by atoms with E-state index in [1.165, 1.54) is 13.0 Å². The first-order chi connectivity index (χ1) is 10.9. The SMILES string of the molecule is CC(=O)Nc1cccc(C(=O)/C=C/c2cc(C)c(O)c(C)c2)c1. The minimum atomic E-state index is -0.180. The second-order valence-electron chi connectivity index (χ2n) is 5.46. The number of carbonyl (C=O) groups excluding carboxylic acids is 2. The highest BCUT2D eigenvalue weighted by Gasteiger charge is 2.05. The lowest BCUT2D eigenvalue weighted by molar-refractivity contribution is -0.114. The van der Waals surface area contributed by atoms with Gasteiger partial charge in [0.1, 0.15) is 5.75 Å². The van der Waals surface area contributed by atoms with Crippen molar-refractivity contribution in [2.24, 2.45) is 0 Å². The number of anilines is 1. The Morgan fingerprint density at radius 1 is 1.09 bits per heavy atom. The van der Waals surface area contributed by atoms with E-state index in [-0.39, 0.29) is 17.4 Å². The van der Waals surface area contributed by atoms with E-state index < -0.39 is 0 Å². The lowest BCUT2D eigenvalue weighted by Gasteiger charge is -2.05. The Bertz CT molecular complexity index is 768. The van der Waals surface area contributed by atoms with Gasteiger partial charge in [0, 0.05) is 18.2 Å². The second kappa shape index (κ2) is 6.92. The quantitative estimate of drug-likeness (QED) is 0.665. The first-order valence-corrected chi connectivity index (χ1v) is 7.27. The number of hydrogen-bond donors (Lipinski definition) is 2. The second-order valence-corrected chi connectivity index (χ2v) is 5.46. The molecular formula is C19H19NO3. The molecule has 0 spiro atoms. The molecule has 2 aromatic carbocycles. The first-order valence-electron chi connectivity index (χ1n) is 7.27. The van der Waals surface area contributed by atoms with Crippen LogP contribution in [0.15, 0.2) is 42.5 Å². The number of aromatic hydroxyl groups is 1. The number of phenols is 1. The van der Waals surface area contributed by atoms with Gasteiger partial charge in [-0.15, -0.1) is 0 Å². The van der Waals surface area contributed by atoms with Crippen molar-refractivity contribution >= 4 is 23.5 Å². The number of amides is 1. The van der Waals surface area contributed by atoms with Crippen molar-refractivity contribution in [2.75, 3.05) is 5.32 Å². The highest BCUT2D eigenvalue weighted by Crippen LogP contribution is 2.23. The zero-order valence-corrected chi connectivity index (χ0v) is 13.4. The van der Waals surface area contributed by atoms with Gasteiger partial charge in [0.05, 0.1) is 0 Å². The fourth-order valence-electron chi connectivity index (χ4n) is 2.31. The first kappa shape index (κ1) is 16.5. The number of benzene rings is 2. The number of aryl methyl sites for hydroxylation is 2. The highest BCUT2D eigenvalue weighted by molar-refractivity contribution is 6.07. The molecule has 0 atom stereocenters. The topological polar surface area (TPSA) is 66.4 Å². The molecule has 118 valence electrons. The molecule has 23 heavy (non-hydrogen) atoms. The summed E-state index contributed by atoms with van der Waals surface area (Å²) in [6, 6.07) is 10.4.